The zero-order valence-corrected chi connectivity index (χ0v) is 7.45. The Hall–Kier alpha value is -0.830. The van der Waals surface area contributed by atoms with E-state index < -0.39 is 0 Å². The number of nitrogens with zero attached hydrogens (tertiary/aromatic N) is 2. The molecule has 2 N–H and O–H groups in total. The molecule has 0 aliphatic heterocycles. The standard InChI is InChI=1S/C9H17N3/c10-6-3-1-2-4-8-12-9-5-7-11-12/h5,7,9H,1-4,6,8,10H2. The molecule has 1 aromatic rings. The molecule has 0 saturated heterocycles. The fourth-order valence-electron chi connectivity index (χ4n) is 1.20. The number of rotatable bonds is 6. The second-order valence-electron chi connectivity index (χ2n) is 2.97. The van der Waals surface area contributed by atoms with E-state index in [0.717, 1.165) is 19.5 Å². The van der Waals surface area contributed by atoms with Gasteiger partial charge >= 0.3 is 0 Å². The average Bonchev–Trinajstić information content (AvgIpc) is 2.57. The lowest BCUT2D eigenvalue weighted by Crippen LogP contribution is -2.00. The van der Waals surface area contributed by atoms with Gasteiger partial charge in [0.05, 0.1) is 0 Å². The van der Waals surface area contributed by atoms with Gasteiger partial charge < -0.3 is 5.73 Å². The minimum atomic E-state index is 0.821. The van der Waals surface area contributed by atoms with Gasteiger partial charge in [-0.3, -0.25) is 4.68 Å². The van der Waals surface area contributed by atoms with E-state index in [1.54, 1.807) is 0 Å². The number of nitrogens with two attached hydrogens (primary N) is 1. The number of hydrogen-bond donors (Lipinski definition) is 1. The Morgan fingerprint density at radius 2 is 2.00 bits per heavy atom. The van der Waals surface area contributed by atoms with Crippen LogP contribution >= 0.6 is 0 Å². The maximum Gasteiger partial charge on any atom is 0.0489 e. The highest BCUT2D eigenvalue weighted by atomic mass is 15.3. The number of aryl methyl sites for hydroxylation is 1. The van der Waals surface area contributed by atoms with Gasteiger partial charge in [-0.25, -0.2) is 0 Å². The molecule has 0 bridgehead atoms. The van der Waals surface area contributed by atoms with Gasteiger partial charge in [-0.2, -0.15) is 5.10 Å². The van der Waals surface area contributed by atoms with Gasteiger partial charge in [0.25, 0.3) is 0 Å². The van der Waals surface area contributed by atoms with Crippen molar-refractivity contribution in [3.8, 4) is 0 Å². The Morgan fingerprint density at radius 1 is 1.17 bits per heavy atom. The quantitative estimate of drug-likeness (QED) is 0.651. The molecule has 0 atom stereocenters. The third-order valence-corrected chi connectivity index (χ3v) is 1.90. The normalized spacial score (nSPS) is 10.4. The third-order valence-electron chi connectivity index (χ3n) is 1.90. The SMILES string of the molecule is NCCCCCCn1cccn1. The summed E-state index contributed by atoms with van der Waals surface area (Å²) in [7, 11) is 0. The molecule has 0 aliphatic rings. The lowest BCUT2D eigenvalue weighted by Gasteiger charge is -2.00. The second-order valence-corrected chi connectivity index (χ2v) is 2.97. The van der Waals surface area contributed by atoms with Gasteiger partial charge in [-0.15, -0.1) is 0 Å². The Bertz CT molecular complexity index is 182. The summed E-state index contributed by atoms with van der Waals surface area (Å²) in [5, 5.41) is 4.13. The van der Waals surface area contributed by atoms with Crippen LogP contribution in [0.15, 0.2) is 18.5 Å². The number of hydrogen-bond acceptors (Lipinski definition) is 2. The molecular formula is C9H17N3. The van der Waals surface area contributed by atoms with E-state index in [1.807, 2.05) is 23.1 Å². The molecule has 3 nitrogen and oxygen atoms in total. The lowest BCUT2D eigenvalue weighted by molar-refractivity contribution is 0.537. The van der Waals surface area contributed by atoms with Crippen LogP contribution in [0.1, 0.15) is 25.7 Å². The highest BCUT2D eigenvalue weighted by Gasteiger charge is 1.90. The molecule has 0 radical (unpaired) electrons. The molecule has 0 aromatic carbocycles. The Balaban J connectivity index is 1.96. The molecule has 68 valence electrons. The summed E-state index contributed by atoms with van der Waals surface area (Å²) < 4.78 is 1.97. The van der Waals surface area contributed by atoms with Crippen LogP contribution in [0.25, 0.3) is 0 Å². The predicted octanol–water partition coefficient (Wildman–Crippen LogP) is 1.40. The van der Waals surface area contributed by atoms with E-state index in [2.05, 4.69) is 5.10 Å². The monoisotopic (exact) mass is 167 g/mol. The van der Waals surface area contributed by atoms with Crippen LogP contribution in [-0.2, 0) is 6.54 Å². The van der Waals surface area contributed by atoms with Gasteiger partial charge in [-0.05, 0) is 25.5 Å². The predicted molar refractivity (Wildman–Crippen MR) is 49.7 cm³/mol. The van der Waals surface area contributed by atoms with Crippen LogP contribution in [0.3, 0.4) is 0 Å². The molecule has 1 rings (SSSR count). The minimum absolute atomic E-state index is 0.821. The topological polar surface area (TPSA) is 43.8 Å². The van der Waals surface area contributed by atoms with Crippen molar-refractivity contribution >= 4 is 0 Å². The summed E-state index contributed by atoms with van der Waals surface area (Å²) >= 11 is 0. The first-order chi connectivity index (χ1) is 5.93. The zero-order valence-electron chi connectivity index (χ0n) is 7.45. The molecule has 0 spiro atoms. The first kappa shape index (κ1) is 9.26. The van der Waals surface area contributed by atoms with E-state index >= 15 is 0 Å². The van der Waals surface area contributed by atoms with Crippen LogP contribution in [0.5, 0.6) is 0 Å². The highest BCUT2D eigenvalue weighted by Crippen LogP contribution is 2.00. The van der Waals surface area contributed by atoms with Crippen molar-refractivity contribution in [2.75, 3.05) is 6.54 Å². The summed E-state index contributed by atoms with van der Waals surface area (Å²) in [4.78, 5) is 0. The summed E-state index contributed by atoms with van der Waals surface area (Å²) in [6.45, 7) is 1.86. The lowest BCUT2D eigenvalue weighted by atomic mass is 10.2. The molecule has 0 amide bonds. The van der Waals surface area contributed by atoms with Crippen molar-refractivity contribution in [3.63, 3.8) is 0 Å². The van der Waals surface area contributed by atoms with Crippen LogP contribution in [-0.4, -0.2) is 16.3 Å². The van der Waals surface area contributed by atoms with Gasteiger partial charge in [0.2, 0.25) is 0 Å². The molecule has 3 heteroatoms. The van der Waals surface area contributed by atoms with E-state index in [0.29, 0.717) is 0 Å². The Kier molecular flexibility index (Phi) is 4.46. The maximum absolute atomic E-state index is 5.39. The van der Waals surface area contributed by atoms with E-state index in [-0.39, 0.29) is 0 Å². The van der Waals surface area contributed by atoms with E-state index in [9.17, 15) is 0 Å². The third kappa shape index (κ3) is 3.53. The van der Waals surface area contributed by atoms with Crippen LogP contribution < -0.4 is 5.73 Å². The van der Waals surface area contributed by atoms with Crippen molar-refractivity contribution in [3.05, 3.63) is 18.5 Å². The van der Waals surface area contributed by atoms with Crippen LogP contribution in [0, 0.1) is 0 Å². The fraction of sp³-hybridized carbons (Fsp3) is 0.667. The maximum atomic E-state index is 5.39. The van der Waals surface area contributed by atoms with Crippen LogP contribution in [0.4, 0.5) is 0 Å². The van der Waals surface area contributed by atoms with Crippen molar-refractivity contribution in [1.29, 1.82) is 0 Å². The van der Waals surface area contributed by atoms with Gasteiger partial charge in [0, 0.05) is 18.9 Å². The molecule has 0 aliphatic carbocycles. The number of aromatic nitrogens is 2. The first-order valence-electron chi connectivity index (χ1n) is 4.61. The molecule has 0 fully saturated rings. The highest BCUT2D eigenvalue weighted by molar-refractivity contribution is 4.77. The fourth-order valence-corrected chi connectivity index (χ4v) is 1.20. The summed E-state index contributed by atoms with van der Waals surface area (Å²) in [6.07, 6.45) is 8.69. The average molecular weight is 167 g/mol. The summed E-state index contributed by atoms with van der Waals surface area (Å²) in [5.74, 6) is 0. The molecule has 12 heavy (non-hydrogen) atoms. The largest absolute Gasteiger partial charge is 0.330 e. The molecular weight excluding hydrogens is 150 g/mol. The summed E-state index contributed by atoms with van der Waals surface area (Å²) in [6, 6.07) is 1.96. The van der Waals surface area contributed by atoms with E-state index in [1.165, 1.54) is 19.3 Å². The molecule has 0 saturated carbocycles. The van der Waals surface area contributed by atoms with E-state index in [4.69, 9.17) is 5.73 Å². The van der Waals surface area contributed by atoms with Crippen molar-refractivity contribution in [1.82, 2.24) is 9.78 Å². The summed E-state index contributed by atoms with van der Waals surface area (Å²) in [5.41, 5.74) is 5.39. The molecule has 0 unspecified atom stereocenters. The zero-order chi connectivity index (χ0) is 8.65. The Labute approximate surface area is 73.6 Å². The Morgan fingerprint density at radius 3 is 2.67 bits per heavy atom. The van der Waals surface area contributed by atoms with Crippen molar-refractivity contribution in [2.45, 2.75) is 32.2 Å². The van der Waals surface area contributed by atoms with Crippen molar-refractivity contribution in [2.24, 2.45) is 5.73 Å². The van der Waals surface area contributed by atoms with Gasteiger partial charge in [0.1, 0.15) is 0 Å². The number of unbranched alkanes of at least 4 members (excludes halogenated alkanes) is 3. The first-order valence-corrected chi connectivity index (χ1v) is 4.61. The molecule has 1 heterocycles. The molecule has 1 aromatic heterocycles. The van der Waals surface area contributed by atoms with Crippen molar-refractivity contribution < 1.29 is 0 Å². The van der Waals surface area contributed by atoms with Gasteiger partial charge in [0.15, 0.2) is 0 Å². The van der Waals surface area contributed by atoms with Gasteiger partial charge in [-0.1, -0.05) is 12.8 Å². The smallest absolute Gasteiger partial charge is 0.0489 e. The van der Waals surface area contributed by atoms with Crippen LogP contribution in [0.2, 0.25) is 0 Å². The minimum Gasteiger partial charge on any atom is -0.330 e. The second kappa shape index (κ2) is 5.77.